The summed E-state index contributed by atoms with van der Waals surface area (Å²) in [6.07, 6.45) is 3.57. The Bertz CT molecular complexity index is 825. The van der Waals surface area contributed by atoms with Crippen LogP contribution >= 0.6 is 23.4 Å². The molecule has 0 aliphatic carbocycles. The molecule has 0 radical (unpaired) electrons. The molecule has 0 spiro atoms. The smallest absolute Gasteiger partial charge is 0.220 e. The van der Waals surface area contributed by atoms with Gasteiger partial charge in [-0.25, -0.2) is 18.4 Å². The van der Waals surface area contributed by atoms with Crippen LogP contribution < -0.4 is 5.32 Å². The fourth-order valence-corrected chi connectivity index (χ4v) is 4.55. The first-order chi connectivity index (χ1) is 10.8. The van der Waals surface area contributed by atoms with Gasteiger partial charge in [-0.3, -0.25) is 4.68 Å². The van der Waals surface area contributed by atoms with Crippen molar-refractivity contribution in [3.05, 3.63) is 17.7 Å². The number of aryl methyl sites for hydroxylation is 1. The van der Waals surface area contributed by atoms with Crippen molar-refractivity contribution in [3.8, 4) is 0 Å². The minimum Gasteiger partial charge on any atom is -0.339 e. The van der Waals surface area contributed by atoms with E-state index < -0.39 is 15.1 Å². The molecule has 0 amide bonds. The molecule has 124 valence electrons. The molecule has 7 nitrogen and oxygen atoms in total. The molecule has 3 heterocycles. The van der Waals surface area contributed by atoms with Gasteiger partial charge in [0.15, 0.2) is 0 Å². The summed E-state index contributed by atoms with van der Waals surface area (Å²) < 4.78 is 26.4. The lowest BCUT2D eigenvalue weighted by molar-refractivity contribution is 0.580. The lowest BCUT2D eigenvalue weighted by Gasteiger charge is -2.22. The topological polar surface area (TPSA) is 88.7 Å². The van der Waals surface area contributed by atoms with Gasteiger partial charge >= 0.3 is 0 Å². The van der Waals surface area contributed by atoms with E-state index in [0.717, 1.165) is 0 Å². The molecule has 0 aromatic carbocycles. The second kappa shape index (κ2) is 5.95. The Labute approximate surface area is 143 Å². The number of rotatable bonds is 3. The molecule has 1 aromatic rings. The Balaban J connectivity index is 1.97. The predicted octanol–water partition coefficient (Wildman–Crippen LogP) is 2.02. The molecule has 1 aromatic heterocycles. The standard InChI is InChI=1S/C13H16ClN5O2S2/c1-7(2)23(20,21)12-9(6-19(3)18-12)15-11-10-8(4-5-22-10)16-13(14)17-11/h4-8,10H,1-3H3,(H,15,16,17). The Morgan fingerprint density at radius 2 is 2.17 bits per heavy atom. The van der Waals surface area contributed by atoms with Gasteiger partial charge in [-0.15, -0.1) is 11.8 Å². The molecule has 10 heteroatoms. The van der Waals surface area contributed by atoms with Crippen LogP contribution in [0.4, 0.5) is 5.69 Å². The number of nitrogens with one attached hydrogen (secondary N) is 1. The third-order valence-electron chi connectivity index (χ3n) is 3.50. The van der Waals surface area contributed by atoms with Crippen molar-refractivity contribution in [1.29, 1.82) is 0 Å². The molecule has 0 fully saturated rings. The maximum absolute atomic E-state index is 12.5. The predicted molar refractivity (Wildman–Crippen MR) is 94.2 cm³/mol. The summed E-state index contributed by atoms with van der Waals surface area (Å²) in [4.78, 5) is 8.47. The van der Waals surface area contributed by atoms with Crippen molar-refractivity contribution in [2.75, 3.05) is 5.32 Å². The summed E-state index contributed by atoms with van der Waals surface area (Å²) in [5, 5.41) is 8.71. The summed E-state index contributed by atoms with van der Waals surface area (Å²) in [5.74, 6) is 0.582. The maximum Gasteiger partial charge on any atom is 0.220 e. The van der Waals surface area contributed by atoms with E-state index in [1.54, 1.807) is 38.9 Å². The van der Waals surface area contributed by atoms with Crippen molar-refractivity contribution in [2.45, 2.75) is 35.4 Å². The Morgan fingerprint density at radius 3 is 2.87 bits per heavy atom. The summed E-state index contributed by atoms with van der Waals surface area (Å²) in [6, 6.07) is -0.0886. The van der Waals surface area contributed by atoms with Crippen molar-refractivity contribution in [2.24, 2.45) is 17.0 Å². The number of hydrogen-bond acceptors (Lipinski definition) is 7. The highest BCUT2D eigenvalue weighted by atomic mass is 35.5. The molecule has 1 N–H and O–H groups in total. The highest BCUT2D eigenvalue weighted by Crippen LogP contribution is 2.32. The van der Waals surface area contributed by atoms with Gasteiger partial charge in [-0.05, 0) is 30.9 Å². The summed E-state index contributed by atoms with van der Waals surface area (Å²) in [7, 11) is -1.83. The SMILES string of the molecule is CC(C)S(=O)(=O)c1nn(C)cc1NC1=NC(Cl)=NC2C=CSC12. The highest BCUT2D eigenvalue weighted by Gasteiger charge is 2.34. The number of anilines is 1. The number of nitrogens with zero attached hydrogens (tertiary/aromatic N) is 4. The van der Waals surface area contributed by atoms with E-state index in [0.29, 0.717) is 11.5 Å². The van der Waals surface area contributed by atoms with E-state index in [1.807, 2.05) is 11.5 Å². The van der Waals surface area contributed by atoms with Gasteiger partial charge in [0.1, 0.15) is 5.84 Å². The monoisotopic (exact) mass is 373 g/mol. The van der Waals surface area contributed by atoms with Crippen LogP contribution in [0.1, 0.15) is 13.8 Å². The second-order valence-corrected chi connectivity index (χ2v) is 9.32. The van der Waals surface area contributed by atoms with Gasteiger partial charge in [-0.1, -0.05) is 6.08 Å². The van der Waals surface area contributed by atoms with Gasteiger partial charge < -0.3 is 5.32 Å². The summed E-state index contributed by atoms with van der Waals surface area (Å²) in [5.41, 5.74) is 0.401. The van der Waals surface area contributed by atoms with Crippen LogP contribution in [-0.2, 0) is 16.9 Å². The number of sulfone groups is 1. The third kappa shape index (κ3) is 3.05. The second-order valence-electron chi connectivity index (χ2n) is 5.51. The molecule has 2 aliphatic heterocycles. The zero-order valence-corrected chi connectivity index (χ0v) is 15.2. The number of aliphatic imine (C=N–C) groups is 2. The van der Waals surface area contributed by atoms with Gasteiger partial charge in [0, 0.05) is 13.2 Å². The van der Waals surface area contributed by atoms with Crippen LogP contribution in [0, 0.1) is 0 Å². The molecule has 0 bridgehead atoms. The molecule has 0 saturated heterocycles. The van der Waals surface area contributed by atoms with Crippen molar-refractivity contribution in [1.82, 2.24) is 9.78 Å². The van der Waals surface area contributed by atoms with Crippen LogP contribution in [0.25, 0.3) is 0 Å². The molecule has 2 unspecified atom stereocenters. The number of aromatic nitrogens is 2. The third-order valence-corrected chi connectivity index (χ3v) is 6.87. The molecule has 2 atom stereocenters. The van der Waals surface area contributed by atoms with E-state index in [2.05, 4.69) is 20.4 Å². The fourth-order valence-electron chi connectivity index (χ4n) is 2.27. The molecular formula is C13H16ClN5O2S2. The average Bonchev–Trinajstić information content (AvgIpc) is 3.05. The summed E-state index contributed by atoms with van der Waals surface area (Å²) >= 11 is 7.54. The van der Waals surface area contributed by atoms with E-state index in [-0.39, 0.29) is 21.6 Å². The van der Waals surface area contributed by atoms with Crippen LogP contribution in [0.3, 0.4) is 0 Å². The molecule has 2 aliphatic rings. The molecule has 0 saturated carbocycles. The quantitative estimate of drug-likeness (QED) is 0.819. The molecule has 3 rings (SSSR count). The normalized spacial score (nSPS) is 23.7. The average molecular weight is 374 g/mol. The number of fused-ring (bicyclic) bond motifs is 1. The largest absolute Gasteiger partial charge is 0.339 e. The van der Waals surface area contributed by atoms with Crippen LogP contribution in [-0.4, -0.2) is 45.9 Å². The molecule has 23 heavy (non-hydrogen) atoms. The first-order valence-electron chi connectivity index (χ1n) is 6.97. The number of halogens is 1. The van der Waals surface area contributed by atoms with E-state index in [9.17, 15) is 8.42 Å². The number of thioether (sulfide) groups is 1. The van der Waals surface area contributed by atoms with Gasteiger partial charge in [-0.2, -0.15) is 5.10 Å². The Morgan fingerprint density at radius 1 is 1.43 bits per heavy atom. The van der Waals surface area contributed by atoms with Crippen molar-refractivity contribution < 1.29 is 8.42 Å². The van der Waals surface area contributed by atoms with Crippen LogP contribution in [0.15, 0.2) is 32.7 Å². The van der Waals surface area contributed by atoms with Crippen molar-refractivity contribution >= 4 is 50.0 Å². The number of amidine groups is 2. The zero-order valence-electron chi connectivity index (χ0n) is 12.8. The number of hydrogen-bond donors (Lipinski definition) is 1. The lowest BCUT2D eigenvalue weighted by atomic mass is 10.2. The Kier molecular flexibility index (Phi) is 4.28. The fraction of sp³-hybridized carbons (Fsp3) is 0.462. The van der Waals surface area contributed by atoms with E-state index in [1.165, 1.54) is 4.68 Å². The van der Waals surface area contributed by atoms with E-state index in [4.69, 9.17) is 11.6 Å². The highest BCUT2D eigenvalue weighted by molar-refractivity contribution is 8.03. The minimum atomic E-state index is -3.51. The lowest BCUT2D eigenvalue weighted by Crippen LogP contribution is -2.35. The van der Waals surface area contributed by atoms with Crippen molar-refractivity contribution in [3.63, 3.8) is 0 Å². The zero-order chi connectivity index (χ0) is 16.8. The molecular weight excluding hydrogens is 358 g/mol. The minimum absolute atomic E-state index is 0.0174. The van der Waals surface area contributed by atoms with Crippen LogP contribution in [0.5, 0.6) is 0 Å². The van der Waals surface area contributed by atoms with Crippen LogP contribution in [0.2, 0.25) is 0 Å². The van der Waals surface area contributed by atoms with Gasteiger partial charge in [0.05, 0.1) is 22.2 Å². The van der Waals surface area contributed by atoms with Gasteiger partial charge in [0.25, 0.3) is 0 Å². The summed E-state index contributed by atoms with van der Waals surface area (Å²) in [6.45, 7) is 3.25. The Hall–Kier alpha value is -1.32. The van der Waals surface area contributed by atoms with Gasteiger partial charge in [0.2, 0.25) is 20.2 Å². The van der Waals surface area contributed by atoms with E-state index >= 15 is 0 Å². The first kappa shape index (κ1) is 16.5. The maximum atomic E-state index is 12.5. The first-order valence-corrected chi connectivity index (χ1v) is 9.84.